The second-order valence-electron chi connectivity index (χ2n) is 4.86. The predicted molar refractivity (Wildman–Crippen MR) is 64.1 cm³/mol. The van der Waals surface area contributed by atoms with E-state index in [1.165, 1.54) is 0 Å². The van der Waals surface area contributed by atoms with Crippen molar-refractivity contribution in [2.45, 2.75) is 38.5 Å². The zero-order valence-electron chi connectivity index (χ0n) is 11.0. The quantitative estimate of drug-likeness (QED) is 0.907. The number of carbonyl (C=O) groups excluding carboxylic acids is 1. The summed E-state index contributed by atoms with van der Waals surface area (Å²) in [5.41, 5.74) is 0.917. The van der Waals surface area contributed by atoms with E-state index < -0.39 is 25.3 Å². The second kappa shape index (κ2) is 5.82. The molecule has 0 aromatic carbocycles. The van der Waals surface area contributed by atoms with Crippen molar-refractivity contribution >= 4 is 5.91 Å². The first kappa shape index (κ1) is 14.8. The number of imidazole rings is 1. The summed E-state index contributed by atoms with van der Waals surface area (Å²) in [5, 5.41) is 2.68. The van der Waals surface area contributed by atoms with Gasteiger partial charge in [-0.15, -0.1) is 0 Å². The molecule has 5 nitrogen and oxygen atoms in total. The average molecular weight is 291 g/mol. The van der Waals surface area contributed by atoms with Gasteiger partial charge in [-0.05, 0) is 13.3 Å². The number of rotatable bonds is 4. The molecule has 112 valence electrons. The Morgan fingerprint density at radius 3 is 3.05 bits per heavy atom. The summed E-state index contributed by atoms with van der Waals surface area (Å²) >= 11 is 0. The number of nitrogens with one attached hydrogen (secondary N) is 1. The third-order valence-electron chi connectivity index (χ3n) is 2.98. The van der Waals surface area contributed by atoms with Crippen LogP contribution in [0.15, 0.2) is 6.20 Å². The molecular formula is C12H16F3N3O2. The van der Waals surface area contributed by atoms with Crippen LogP contribution in [0.25, 0.3) is 0 Å². The van der Waals surface area contributed by atoms with Crippen LogP contribution >= 0.6 is 0 Å². The third kappa shape index (κ3) is 4.22. The molecule has 1 aliphatic heterocycles. The highest BCUT2D eigenvalue weighted by Crippen LogP contribution is 2.16. The molecule has 20 heavy (non-hydrogen) atoms. The van der Waals surface area contributed by atoms with Crippen molar-refractivity contribution in [3.63, 3.8) is 0 Å². The van der Waals surface area contributed by atoms with Gasteiger partial charge in [0.1, 0.15) is 19.0 Å². The van der Waals surface area contributed by atoms with E-state index in [2.05, 4.69) is 15.0 Å². The molecule has 1 N–H and O–H groups in total. The maximum absolute atomic E-state index is 11.9. The summed E-state index contributed by atoms with van der Waals surface area (Å²) in [6.07, 6.45) is -1.05. The molecule has 1 atom stereocenters. The number of ether oxygens (including phenoxy) is 1. The molecule has 1 unspecified atom stereocenters. The van der Waals surface area contributed by atoms with E-state index in [1.807, 2.05) is 17.7 Å². The molecule has 0 saturated carbocycles. The van der Waals surface area contributed by atoms with Gasteiger partial charge in [0, 0.05) is 25.2 Å². The van der Waals surface area contributed by atoms with Crippen LogP contribution in [-0.2, 0) is 22.5 Å². The molecule has 0 saturated heterocycles. The number of aromatic nitrogens is 2. The lowest BCUT2D eigenvalue weighted by molar-refractivity contribution is -0.175. The maximum Gasteiger partial charge on any atom is 0.411 e. The molecule has 2 heterocycles. The summed E-state index contributed by atoms with van der Waals surface area (Å²) in [5.74, 6) is 0.445. The van der Waals surface area contributed by atoms with Gasteiger partial charge in [-0.3, -0.25) is 4.79 Å². The standard InChI is InChI=1S/C12H16F3N3O2/c1-8-4-18-5-9(2-3-10(18)16-8)17-11(19)6-20-7-12(13,14)15/h4,9H,2-3,5-7H2,1H3,(H,17,19). The molecule has 2 rings (SSSR count). The molecule has 0 aliphatic carbocycles. The van der Waals surface area contributed by atoms with Crippen molar-refractivity contribution in [2.24, 2.45) is 0 Å². The van der Waals surface area contributed by atoms with Crippen LogP contribution in [0.3, 0.4) is 0 Å². The van der Waals surface area contributed by atoms with Gasteiger partial charge in [-0.2, -0.15) is 13.2 Å². The van der Waals surface area contributed by atoms with Crippen LogP contribution in [0.1, 0.15) is 17.9 Å². The summed E-state index contributed by atoms with van der Waals surface area (Å²) in [7, 11) is 0. The van der Waals surface area contributed by atoms with Crippen molar-refractivity contribution in [3.05, 3.63) is 17.7 Å². The van der Waals surface area contributed by atoms with Crippen LogP contribution in [0.2, 0.25) is 0 Å². The first-order valence-corrected chi connectivity index (χ1v) is 6.30. The Morgan fingerprint density at radius 2 is 2.35 bits per heavy atom. The van der Waals surface area contributed by atoms with E-state index in [4.69, 9.17) is 0 Å². The van der Waals surface area contributed by atoms with Gasteiger partial charge in [0.2, 0.25) is 5.91 Å². The van der Waals surface area contributed by atoms with E-state index in [1.54, 1.807) is 0 Å². The van der Waals surface area contributed by atoms with E-state index in [-0.39, 0.29) is 6.04 Å². The summed E-state index contributed by atoms with van der Waals surface area (Å²) in [6.45, 7) is 0.493. The van der Waals surface area contributed by atoms with Crippen molar-refractivity contribution in [1.82, 2.24) is 14.9 Å². The van der Waals surface area contributed by atoms with Gasteiger partial charge < -0.3 is 14.6 Å². The van der Waals surface area contributed by atoms with Crippen molar-refractivity contribution < 1.29 is 22.7 Å². The lowest BCUT2D eigenvalue weighted by Crippen LogP contribution is -2.42. The fourth-order valence-electron chi connectivity index (χ4n) is 2.23. The Balaban J connectivity index is 1.76. The van der Waals surface area contributed by atoms with Crippen molar-refractivity contribution in [1.29, 1.82) is 0 Å². The molecule has 1 aromatic rings. The number of halogens is 3. The van der Waals surface area contributed by atoms with Crippen LogP contribution in [0.5, 0.6) is 0 Å². The molecule has 1 aromatic heterocycles. The maximum atomic E-state index is 11.9. The summed E-state index contributed by atoms with van der Waals surface area (Å²) < 4.78 is 41.9. The Hall–Kier alpha value is -1.57. The van der Waals surface area contributed by atoms with E-state index >= 15 is 0 Å². The van der Waals surface area contributed by atoms with Gasteiger partial charge in [0.15, 0.2) is 0 Å². The minimum Gasteiger partial charge on any atom is -0.362 e. The monoisotopic (exact) mass is 291 g/mol. The van der Waals surface area contributed by atoms with Gasteiger partial charge in [0.25, 0.3) is 0 Å². The lowest BCUT2D eigenvalue weighted by Gasteiger charge is -2.24. The largest absolute Gasteiger partial charge is 0.411 e. The van der Waals surface area contributed by atoms with Crippen LogP contribution in [0, 0.1) is 6.92 Å². The zero-order valence-corrected chi connectivity index (χ0v) is 11.0. The number of amides is 1. The number of nitrogens with zero attached hydrogens (tertiary/aromatic N) is 2. The smallest absolute Gasteiger partial charge is 0.362 e. The minimum atomic E-state index is -4.41. The van der Waals surface area contributed by atoms with Crippen LogP contribution < -0.4 is 5.32 Å². The SMILES string of the molecule is Cc1cn2c(n1)CCC(NC(=O)COCC(F)(F)F)C2. The Morgan fingerprint density at radius 1 is 1.60 bits per heavy atom. The number of aryl methyl sites for hydroxylation is 2. The number of hydrogen-bond acceptors (Lipinski definition) is 3. The van der Waals surface area contributed by atoms with Gasteiger partial charge in [-0.25, -0.2) is 4.98 Å². The first-order valence-electron chi connectivity index (χ1n) is 6.30. The summed E-state index contributed by atoms with van der Waals surface area (Å²) in [6, 6.07) is -0.0990. The molecule has 0 fully saturated rings. The molecule has 0 bridgehead atoms. The number of alkyl halides is 3. The fourth-order valence-corrected chi connectivity index (χ4v) is 2.23. The third-order valence-corrected chi connectivity index (χ3v) is 2.98. The predicted octanol–water partition coefficient (Wildman–Crippen LogP) is 1.20. The number of carbonyl (C=O) groups is 1. The number of fused-ring (bicyclic) bond motifs is 1. The van der Waals surface area contributed by atoms with Crippen molar-refractivity contribution in [2.75, 3.05) is 13.2 Å². The van der Waals surface area contributed by atoms with E-state index in [0.717, 1.165) is 24.4 Å². The van der Waals surface area contributed by atoms with Crippen molar-refractivity contribution in [3.8, 4) is 0 Å². The number of hydrogen-bond donors (Lipinski definition) is 1. The highest BCUT2D eigenvalue weighted by Gasteiger charge is 2.28. The fraction of sp³-hybridized carbons (Fsp3) is 0.667. The van der Waals surface area contributed by atoms with Gasteiger partial charge in [0.05, 0.1) is 5.69 Å². The molecule has 1 aliphatic rings. The van der Waals surface area contributed by atoms with Gasteiger partial charge >= 0.3 is 6.18 Å². The van der Waals surface area contributed by atoms with Gasteiger partial charge in [-0.1, -0.05) is 0 Å². The van der Waals surface area contributed by atoms with E-state index in [0.29, 0.717) is 6.54 Å². The average Bonchev–Trinajstić information content (AvgIpc) is 2.66. The first-order chi connectivity index (χ1) is 9.33. The topological polar surface area (TPSA) is 56.2 Å². The minimum absolute atomic E-state index is 0.0990. The Kier molecular flexibility index (Phi) is 4.32. The highest BCUT2D eigenvalue weighted by molar-refractivity contribution is 5.77. The van der Waals surface area contributed by atoms with Crippen LogP contribution in [0.4, 0.5) is 13.2 Å². The van der Waals surface area contributed by atoms with Crippen LogP contribution in [-0.4, -0.2) is 40.9 Å². The molecule has 0 radical (unpaired) electrons. The molecule has 8 heteroatoms. The zero-order chi connectivity index (χ0) is 14.8. The Bertz CT molecular complexity index is 485. The van der Waals surface area contributed by atoms with E-state index in [9.17, 15) is 18.0 Å². The molecule has 0 spiro atoms. The second-order valence-corrected chi connectivity index (χ2v) is 4.86. The lowest BCUT2D eigenvalue weighted by atomic mass is 10.1. The normalized spacial score (nSPS) is 18.7. The highest BCUT2D eigenvalue weighted by atomic mass is 19.4. The Labute approximate surface area is 114 Å². The summed E-state index contributed by atoms with van der Waals surface area (Å²) in [4.78, 5) is 15.8. The molecular weight excluding hydrogens is 275 g/mol. The molecule has 1 amide bonds.